The molecule has 0 saturated carbocycles. The second-order valence-electron chi connectivity index (χ2n) is 10.7. The number of benzene rings is 1. The van der Waals surface area contributed by atoms with Crippen LogP contribution in [0.5, 0.6) is 0 Å². The van der Waals surface area contributed by atoms with Crippen molar-refractivity contribution in [2.24, 2.45) is 4.99 Å². The Balaban J connectivity index is 1.42. The number of aromatic amines is 1. The van der Waals surface area contributed by atoms with Crippen molar-refractivity contribution in [3.05, 3.63) is 81.4 Å². The lowest BCUT2D eigenvalue weighted by Gasteiger charge is -2.30. The second kappa shape index (κ2) is 11.5. The Bertz CT molecular complexity index is 1560. The molecule has 1 fully saturated rings. The van der Waals surface area contributed by atoms with E-state index in [1.807, 2.05) is 30.5 Å². The Labute approximate surface area is 238 Å². The Morgan fingerprint density at radius 3 is 2.83 bits per heavy atom. The first-order valence-electron chi connectivity index (χ1n) is 14.0. The van der Waals surface area contributed by atoms with Gasteiger partial charge < -0.3 is 14.6 Å². The molecule has 0 radical (unpaired) electrons. The largest absolute Gasteiger partial charge is 0.378 e. The highest BCUT2D eigenvalue weighted by molar-refractivity contribution is 6.31. The second-order valence-corrected chi connectivity index (χ2v) is 11.2. The number of ether oxygens (including phenoxy) is 1. The van der Waals surface area contributed by atoms with E-state index in [1.54, 1.807) is 6.92 Å². The van der Waals surface area contributed by atoms with Crippen LogP contribution in [0, 0.1) is 24.1 Å². The molecule has 3 aromatic rings. The van der Waals surface area contributed by atoms with E-state index in [1.165, 1.54) is 11.3 Å². The smallest absolute Gasteiger partial charge is 0.180 e. The third-order valence-corrected chi connectivity index (χ3v) is 8.52. The van der Waals surface area contributed by atoms with Crippen molar-refractivity contribution in [2.45, 2.75) is 57.3 Å². The minimum Gasteiger partial charge on any atom is -0.378 e. The molecule has 7 nitrogen and oxygen atoms in total. The molecule has 0 bridgehead atoms. The fourth-order valence-electron chi connectivity index (χ4n) is 6.17. The Morgan fingerprint density at radius 2 is 2.00 bits per heavy atom. The van der Waals surface area contributed by atoms with Gasteiger partial charge in [-0.05, 0) is 68.4 Å². The lowest BCUT2D eigenvalue weighted by Crippen LogP contribution is -2.40. The van der Waals surface area contributed by atoms with Gasteiger partial charge in [-0.1, -0.05) is 23.8 Å². The van der Waals surface area contributed by atoms with E-state index in [4.69, 9.17) is 21.3 Å². The van der Waals surface area contributed by atoms with Gasteiger partial charge >= 0.3 is 0 Å². The van der Waals surface area contributed by atoms with E-state index in [-0.39, 0.29) is 23.2 Å². The molecule has 9 heteroatoms. The zero-order valence-electron chi connectivity index (χ0n) is 22.6. The number of allylic oxidation sites excluding steroid dienone is 3. The third kappa shape index (κ3) is 5.28. The van der Waals surface area contributed by atoms with Crippen molar-refractivity contribution in [1.29, 1.82) is 5.26 Å². The number of aromatic nitrogens is 3. The fourth-order valence-corrected chi connectivity index (χ4v) is 6.34. The number of rotatable bonds is 2. The summed E-state index contributed by atoms with van der Waals surface area (Å²) in [5, 5.41) is 11.3. The highest BCUT2D eigenvalue weighted by Crippen LogP contribution is 2.42. The number of hydrogen-bond acceptors (Lipinski definition) is 6. The van der Waals surface area contributed by atoms with Gasteiger partial charge in [0.15, 0.2) is 11.5 Å². The van der Waals surface area contributed by atoms with Crippen LogP contribution in [0.15, 0.2) is 47.1 Å². The maximum atomic E-state index is 14.4. The van der Waals surface area contributed by atoms with Crippen LogP contribution in [0.2, 0.25) is 5.02 Å². The van der Waals surface area contributed by atoms with E-state index in [0.29, 0.717) is 10.8 Å². The highest BCUT2D eigenvalue weighted by Gasteiger charge is 2.30. The molecule has 1 N–H and O–H groups in total. The number of H-pyrrole nitrogens is 1. The van der Waals surface area contributed by atoms with E-state index in [9.17, 15) is 9.65 Å². The Hall–Kier alpha value is -3.54. The maximum Gasteiger partial charge on any atom is 0.180 e. The van der Waals surface area contributed by atoms with E-state index in [0.717, 1.165) is 87.1 Å². The minimum atomic E-state index is -0.637. The van der Waals surface area contributed by atoms with Crippen LogP contribution in [0.3, 0.4) is 0 Å². The number of halogens is 2. The Morgan fingerprint density at radius 1 is 1.15 bits per heavy atom. The third-order valence-electron chi connectivity index (χ3n) is 8.29. The molecule has 1 aliphatic carbocycles. The summed E-state index contributed by atoms with van der Waals surface area (Å²) >= 11 is 6.44. The number of nitrogens with one attached hydrogen (secondary N) is 1. The van der Waals surface area contributed by atoms with Crippen molar-refractivity contribution in [3.8, 4) is 6.07 Å². The number of nitriles is 1. The molecule has 2 atom stereocenters. The first kappa shape index (κ1) is 26.7. The quantitative estimate of drug-likeness (QED) is 0.388. The van der Waals surface area contributed by atoms with Crippen molar-refractivity contribution in [3.63, 3.8) is 0 Å². The standard InChI is InChI=1S/C31H32ClFN6O/c1-19-29(33)27(17-34)38-31(36-19)20-6-9-23(30-24(10-7-20)25-16-22(32)8-11-26(25)37-30)21-4-2-3-5-28(35-18-21)39-12-14-40-15-13-39/h2,4,8,11,16,18,20,23,37H,3,5-7,9-10,12-15H2,1H3/b4-2-,21-18+,35-28+/t20?,23-/m0/s1. The number of nitrogens with zero attached hydrogens (tertiary/aromatic N) is 5. The lowest BCUT2D eigenvalue weighted by molar-refractivity contribution is 0.0672. The number of fused-ring (bicyclic) bond motifs is 3. The van der Waals surface area contributed by atoms with Crippen LogP contribution in [0.25, 0.3) is 10.9 Å². The molecular formula is C31H32ClFN6O. The van der Waals surface area contributed by atoms with Crippen LogP contribution < -0.4 is 0 Å². The lowest BCUT2D eigenvalue weighted by atomic mass is 9.80. The van der Waals surface area contributed by atoms with Gasteiger partial charge in [0.1, 0.15) is 17.7 Å². The summed E-state index contributed by atoms with van der Waals surface area (Å²) < 4.78 is 20.0. The zero-order chi connectivity index (χ0) is 27.6. The molecular weight excluding hydrogens is 527 g/mol. The number of aliphatic imine (C=N–C) groups is 1. The maximum absolute atomic E-state index is 14.4. The van der Waals surface area contributed by atoms with Gasteiger partial charge in [-0.3, -0.25) is 0 Å². The number of morpholine rings is 1. The van der Waals surface area contributed by atoms with Gasteiger partial charge in [0, 0.05) is 59.2 Å². The summed E-state index contributed by atoms with van der Waals surface area (Å²) in [5.74, 6) is 1.09. The summed E-state index contributed by atoms with van der Waals surface area (Å²) in [6.07, 6.45) is 11.6. The number of amidine groups is 1. The predicted molar refractivity (Wildman–Crippen MR) is 154 cm³/mol. The average Bonchev–Trinajstić information content (AvgIpc) is 3.28. The zero-order valence-corrected chi connectivity index (χ0v) is 23.3. The van der Waals surface area contributed by atoms with Crippen molar-refractivity contribution in [1.82, 2.24) is 19.9 Å². The SMILES string of the molecule is Cc1nc(C2CCc3c([nH]c4ccc(Cl)cc34)[C@H](C3=C/N=C(/N4CCOCC4)CC/C=C\3)CC2)nc(C#N)c1F. The van der Waals surface area contributed by atoms with Crippen LogP contribution in [0.1, 0.15) is 72.4 Å². The minimum absolute atomic E-state index is 0.00303. The van der Waals surface area contributed by atoms with Gasteiger partial charge in [-0.2, -0.15) is 5.26 Å². The molecule has 0 spiro atoms. The predicted octanol–water partition coefficient (Wildman–Crippen LogP) is 6.49. The van der Waals surface area contributed by atoms with Crippen molar-refractivity contribution in [2.75, 3.05) is 26.3 Å². The average molecular weight is 559 g/mol. The first-order chi connectivity index (χ1) is 19.5. The fraction of sp³-hybridized carbons (Fsp3) is 0.419. The summed E-state index contributed by atoms with van der Waals surface area (Å²) in [7, 11) is 0. The molecule has 40 heavy (non-hydrogen) atoms. The molecule has 0 amide bonds. The normalized spacial score (nSPS) is 25.3. The van der Waals surface area contributed by atoms with Gasteiger partial charge in [0.25, 0.3) is 0 Å². The molecule has 3 aliphatic rings. The number of hydrogen-bond donors (Lipinski definition) is 1. The molecule has 1 unspecified atom stereocenters. The molecule has 2 aromatic heterocycles. The molecule has 206 valence electrons. The summed E-state index contributed by atoms with van der Waals surface area (Å²) in [4.78, 5) is 19.9. The van der Waals surface area contributed by atoms with Gasteiger partial charge in [0.2, 0.25) is 0 Å². The monoisotopic (exact) mass is 558 g/mol. The summed E-state index contributed by atoms with van der Waals surface area (Å²) in [6, 6.07) is 7.89. The Kier molecular flexibility index (Phi) is 7.68. The van der Waals surface area contributed by atoms with Gasteiger partial charge in [0.05, 0.1) is 18.9 Å². The van der Waals surface area contributed by atoms with Crippen molar-refractivity contribution >= 4 is 28.3 Å². The van der Waals surface area contributed by atoms with Crippen LogP contribution in [-0.2, 0) is 11.2 Å². The highest BCUT2D eigenvalue weighted by atomic mass is 35.5. The molecule has 6 rings (SSSR count). The van der Waals surface area contributed by atoms with E-state index in [2.05, 4.69) is 32.0 Å². The number of aryl methyl sites for hydroxylation is 2. The molecule has 1 aromatic carbocycles. The first-order valence-corrected chi connectivity index (χ1v) is 14.4. The van der Waals surface area contributed by atoms with Gasteiger partial charge in [-0.15, -0.1) is 0 Å². The molecule has 4 heterocycles. The van der Waals surface area contributed by atoms with E-state index < -0.39 is 5.82 Å². The van der Waals surface area contributed by atoms with Crippen LogP contribution in [0.4, 0.5) is 4.39 Å². The van der Waals surface area contributed by atoms with Gasteiger partial charge in [-0.25, -0.2) is 19.4 Å². The van der Waals surface area contributed by atoms with Crippen LogP contribution in [-0.4, -0.2) is 52.0 Å². The molecule has 1 saturated heterocycles. The molecule has 2 aliphatic heterocycles. The summed E-state index contributed by atoms with van der Waals surface area (Å²) in [5.41, 5.74) is 4.68. The van der Waals surface area contributed by atoms with E-state index >= 15 is 0 Å². The summed E-state index contributed by atoms with van der Waals surface area (Å²) in [6.45, 7) is 4.79. The topological polar surface area (TPSA) is 90.2 Å². The van der Waals surface area contributed by atoms with Crippen molar-refractivity contribution < 1.29 is 9.13 Å². The van der Waals surface area contributed by atoms with Crippen LogP contribution >= 0.6 is 11.6 Å².